The van der Waals surface area contributed by atoms with Gasteiger partial charge in [0, 0.05) is 12.3 Å². The van der Waals surface area contributed by atoms with Crippen LogP contribution in [0.25, 0.3) is 0 Å². The van der Waals surface area contributed by atoms with E-state index in [1.54, 1.807) is 0 Å². The minimum atomic E-state index is 0.841. The number of thioether (sulfide) groups is 1. The summed E-state index contributed by atoms with van der Waals surface area (Å²) in [6.07, 6.45) is 7.34. The van der Waals surface area contributed by atoms with Crippen LogP contribution in [0.4, 0.5) is 0 Å². The van der Waals surface area contributed by atoms with Gasteiger partial charge in [-0.05, 0) is 37.0 Å². The van der Waals surface area contributed by atoms with Crippen LogP contribution in [-0.2, 0) is 0 Å². The predicted octanol–water partition coefficient (Wildman–Crippen LogP) is 3.55. The van der Waals surface area contributed by atoms with E-state index in [4.69, 9.17) is 0 Å². The molecular weight excluding hydrogens is 202 g/mol. The quantitative estimate of drug-likeness (QED) is 0.670. The van der Waals surface area contributed by atoms with Crippen molar-refractivity contribution in [1.82, 2.24) is 5.32 Å². The molecule has 0 aromatic heterocycles. The van der Waals surface area contributed by atoms with E-state index in [-0.39, 0.29) is 0 Å². The molecule has 0 heterocycles. The maximum atomic E-state index is 3.61. The van der Waals surface area contributed by atoms with Crippen molar-refractivity contribution in [3.8, 4) is 0 Å². The van der Waals surface area contributed by atoms with Crippen LogP contribution < -0.4 is 5.32 Å². The van der Waals surface area contributed by atoms with Crippen LogP contribution >= 0.6 is 11.8 Å². The summed E-state index contributed by atoms with van der Waals surface area (Å²) < 4.78 is 0. The second-order valence-electron chi connectivity index (χ2n) is 5.18. The Morgan fingerprint density at radius 2 is 1.93 bits per heavy atom. The average Bonchev–Trinajstić information content (AvgIpc) is 2.24. The summed E-state index contributed by atoms with van der Waals surface area (Å²) in [7, 11) is 0. The minimum Gasteiger partial charge on any atom is -0.316 e. The van der Waals surface area contributed by atoms with Crippen molar-refractivity contribution in [3.05, 3.63) is 0 Å². The lowest BCUT2D eigenvalue weighted by Crippen LogP contribution is -2.26. The summed E-state index contributed by atoms with van der Waals surface area (Å²) >= 11 is 2.09. The molecule has 1 saturated carbocycles. The Labute approximate surface area is 99.8 Å². The molecule has 1 aliphatic carbocycles. The summed E-state index contributed by atoms with van der Waals surface area (Å²) in [6.45, 7) is 7.06. The number of hydrogen-bond donors (Lipinski definition) is 1. The van der Waals surface area contributed by atoms with Gasteiger partial charge in [0.05, 0.1) is 0 Å². The first-order valence-electron chi connectivity index (χ1n) is 6.57. The second kappa shape index (κ2) is 8.46. The summed E-state index contributed by atoms with van der Waals surface area (Å²) in [4.78, 5) is 0. The Morgan fingerprint density at radius 1 is 1.20 bits per heavy atom. The highest BCUT2D eigenvalue weighted by atomic mass is 32.2. The Kier molecular flexibility index (Phi) is 7.54. The van der Waals surface area contributed by atoms with Gasteiger partial charge in [-0.25, -0.2) is 0 Å². The molecule has 0 unspecified atom stereocenters. The monoisotopic (exact) mass is 229 g/mol. The maximum Gasteiger partial charge on any atom is 0.00582 e. The lowest BCUT2D eigenvalue weighted by atomic mass is 9.89. The van der Waals surface area contributed by atoms with Gasteiger partial charge in [-0.15, -0.1) is 0 Å². The van der Waals surface area contributed by atoms with E-state index in [0.717, 1.165) is 11.8 Å². The summed E-state index contributed by atoms with van der Waals surface area (Å²) in [5, 5.41) is 3.61. The Morgan fingerprint density at radius 3 is 2.60 bits per heavy atom. The molecule has 0 spiro atoms. The highest BCUT2D eigenvalue weighted by molar-refractivity contribution is 7.99. The highest BCUT2D eigenvalue weighted by Crippen LogP contribution is 2.22. The van der Waals surface area contributed by atoms with Gasteiger partial charge in [0.15, 0.2) is 0 Å². The van der Waals surface area contributed by atoms with E-state index in [9.17, 15) is 0 Å². The SMILES string of the molecule is CC(C)CSCCNCC1CCCCC1. The van der Waals surface area contributed by atoms with Crippen molar-refractivity contribution in [1.29, 1.82) is 0 Å². The molecule has 1 fully saturated rings. The fraction of sp³-hybridized carbons (Fsp3) is 1.00. The van der Waals surface area contributed by atoms with Gasteiger partial charge in [0.1, 0.15) is 0 Å². The van der Waals surface area contributed by atoms with E-state index in [0.29, 0.717) is 0 Å². The third-order valence-corrected chi connectivity index (χ3v) is 4.43. The molecule has 1 aliphatic rings. The zero-order valence-electron chi connectivity index (χ0n) is 10.4. The molecule has 90 valence electrons. The molecular formula is C13H27NS. The molecule has 1 N–H and O–H groups in total. The van der Waals surface area contributed by atoms with Gasteiger partial charge in [0.25, 0.3) is 0 Å². The van der Waals surface area contributed by atoms with Gasteiger partial charge >= 0.3 is 0 Å². The molecule has 1 rings (SSSR count). The van der Waals surface area contributed by atoms with Crippen LogP contribution in [0.1, 0.15) is 46.0 Å². The Hall–Kier alpha value is 0.310. The Bertz CT molecular complexity index is 141. The van der Waals surface area contributed by atoms with Crippen LogP contribution in [0, 0.1) is 11.8 Å². The predicted molar refractivity (Wildman–Crippen MR) is 71.6 cm³/mol. The number of rotatable bonds is 7. The average molecular weight is 229 g/mol. The maximum absolute atomic E-state index is 3.61. The van der Waals surface area contributed by atoms with Crippen molar-refractivity contribution < 1.29 is 0 Å². The third-order valence-electron chi connectivity index (χ3n) is 3.03. The molecule has 1 nitrogen and oxygen atoms in total. The molecule has 0 aromatic rings. The summed E-state index contributed by atoms with van der Waals surface area (Å²) in [5.41, 5.74) is 0. The van der Waals surface area contributed by atoms with Crippen LogP contribution in [0.15, 0.2) is 0 Å². The second-order valence-corrected chi connectivity index (χ2v) is 6.33. The van der Waals surface area contributed by atoms with E-state index < -0.39 is 0 Å². The third kappa shape index (κ3) is 7.24. The molecule has 0 aliphatic heterocycles. The molecule has 0 atom stereocenters. The van der Waals surface area contributed by atoms with E-state index >= 15 is 0 Å². The van der Waals surface area contributed by atoms with E-state index in [1.165, 1.54) is 56.7 Å². The fourth-order valence-electron chi connectivity index (χ4n) is 2.16. The molecule has 0 radical (unpaired) electrons. The largest absolute Gasteiger partial charge is 0.316 e. The van der Waals surface area contributed by atoms with Crippen LogP contribution in [-0.4, -0.2) is 24.6 Å². The van der Waals surface area contributed by atoms with Crippen molar-refractivity contribution in [3.63, 3.8) is 0 Å². The van der Waals surface area contributed by atoms with Gasteiger partial charge in [-0.3, -0.25) is 0 Å². The van der Waals surface area contributed by atoms with Gasteiger partial charge in [-0.1, -0.05) is 33.1 Å². The molecule has 0 amide bonds. The molecule has 15 heavy (non-hydrogen) atoms. The smallest absolute Gasteiger partial charge is 0.00582 e. The zero-order chi connectivity index (χ0) is 10.9. The number of nitrogens with one attached hydrogen (secondary N) is 1. The van der Waals surface area contributed by atoms with Crippen LogP contribution in [0.2, 0.25) is 0 Å². The van der Waals surface area contributed by atoms with Gasteiger partial charge in [0.2, 0.25) is 0 Å². The number of hydrogen-bond acceptors (Lipinski definition) is 2. The van der Waals surface area contributed by atoms with Crippen molar-refractivity contribution in [2.24, 2.45) is 11.8 Å². The molecule has 0 saturated heterocycles. The van der Waals surface area contributed by atoms with Crippen molar-refractivity contribution in [2.45, 2.75) is 46.0 Å². The van der Waals surface area contributed by atoms with Crippen LogP contribution in [0.3, 0.4) is 0 Å². The molecule has 2 heteroatoms. The molecule has 0 aromatic carbocycles. The normalized spacial score (nSPS) is 18.6. The van der Waals surface area contributed by atoms with Crippen molar-refractivity contribution in [2.75, 3.05) is 24.6 Å². The standard InChI is InChI=1S/C13H27NS/c1-12(2)11-15-9-8-14-10-13-6-4-3-5-7-13/h12-14H,3-11H2,1-2H3. The lowest BCUT2D eigenvalue weighted by Gasteiger charge is -2.21. The fourth-order valence-corrected chi connectivity index (χ4v) is 3.09. The summed E-state index contributed by atoms with van der Waals surface area (Å²) in [6, 6.07) is 0. The van der Waals surface area contributed by atoms with E-state index in [1.807, 2.05) is 0 Å². The zero-order valence-corrected chi connectivity index (χ0v) is 11.2. The van der Waals surface area contributed by atoms with E-state index in [2.05, 4.69) is 30.9 Å². The minimum absolute atomic E-state index is 0.841. The van der Waals surface area contributed by atoms with Gasteiger partial charge in [-0.2, -0.15) is 11.8 Å². The Balaban J connectivity index is 1.83. The summed E-state index contributed by atoms with van der Waals surface area (Å²) in [5.74, 6) is 4.41. The van der Waals surface area contributed by atoms with Crippen LogP contribution in [0.5, 0.6) is 0 Å². The topological polar surface area (TPSA) is 12.0 Å². The van der Waals surface area contributed by atoms with Gasteiger partial charge < -0.3 is 5.32 Å². The lowest BCUT2D eigenvalue weighted by molar-refractivity contribution is 0.345. The highest BCUT2D eigenvalue weighted by Gasteiger charge is 2.12. The molecule has 0 bridgehead atoms. The van der Waals surface area contributed by atoms with Crippen molar-refractivity contribution >= 4 is 11.8 Å². The first kappa shape index (κ1) is 13.4. The first-order chi connectivity index (χ1) is 7.29. The first-order valence-corrected chi connectivity index (χ1v) is 7.73.